The Balaban J connectivity index is 2.32. The van der Waals surface area contributed by atoms with Crippen molar-refractivity contribution in [1.29, 1.82) is 0 Å². The summed E-state index contributed by atoms with van der Waals surface area (Å²) in [5.41, 5.74) is 8.07. The number of nitrogens with two attached hydrogens (primary N) is 1. The molecule has 0 amide bonds. The Morgan fingerprint density at radius 1 is 1.44 bits per heavy atom. The fourth-order valence-electron chi connectivity index (χ4n) is 2.80. The maximum absolute atomic E-state index is 9.97. The Kier molecular flexibility index (Phi) is 2.14. The molecule has 1 unspecified atom stereocenters. The third-order valence-corrected chi connectivity index (χ3v) is 3.53. The highest BCUT2D eigenvalue weighted by Crippen LogP contribution is 2.35. The minimum Gasteiger partial charge on any atom is -0.506 e. The number of aromatic hydroxyl groups is 1. The van der Waals surface area contributed by atoms with E-state index < -0.39 is 0 Å². The van der Waals surface area contributed by atoms with Gasteiger partial charge in [-0.3, -0.25) is 0 Å². The number of phenols is 1. The second-order valence-corrected chi connectivity index (χ2v) is 4.50. The van der Waals surface area contributed by atoms with Crippen molar-refractivity contribution in [3.05, 3.63) is 30.0 Å². The maximum atomic E-state index is 9.97. The van der Waals surface area contributed by atoms with Crippen LogP contribution in [0.15, 0.2) is 24.3 Å². The van der Waals surface area contributed by atoms with Crippen molar-refractivity contribution < 1.29 is 5.11 Å². The highest BCUT2D eigenvalue weighted by Gasteiger charge is 2.22. The Hall–Kier alpha value is -1.48. The molecule has 3 N–H and O–H groups in total. The molecular formula is C13H16N2O. The third-order valence-electron chi connectivity index (χ3n) is 3.53. The Bertz CT molecular complexity index is 530. The predicted molar refractivity (Wildman–Crippen MR) is 64.6 cm³/mol. The summed E-state index contributed by atoms with van der Waals surface area (Å²) >= 11 is 0. The smallest absolute Gasteiger partial charge is 0.139 e. The van der Waals surface area contributed by atoms with Gasteiger partial charge in [-0.05, 0) is 31.4 Å². The van der Waals surface area contributed by atoms with Crippen LogP contribution in [-0.4, -0.2) is 16.2 Å². The first-order valence-electron chi connectivity index (χ1n) is 5.83. The second kappa shape index (κ2) is 3.52. The fourth-order valence-corrected chi connectivity index (χ4v) is 2.80. The lowest BCUT2D eigenvalue weighted by Crippen LogP contribution is -2.24. The normalized spacial score (nSPS) is 19.9. The van der Waals surface area contributed by atoms with Crippen LogP contribution in [0, 0.1) is 0 Å². The predicted octanol–water partition coefficient (Wildman–Crippen LogP) is 2.18. The van der Waals surface area contributed by atoms with Gasteiger partial charge in [0.05, 0.1) is 5.52 Å². The number of aromatic nitrogens is 1. The number of benzene rings is 1. The lowest BCUT2D eigenvalue weighted by atomic mass is 10.0. The van der Waals surface area contributed by atoms with Crippen LogP contribution in [0.3, 0.4) is 0 Å². The first-order chi connectivity index (χ1) is 7.81. The van der Waals surface area contributed by atoms with E-state index >= 15 is 0 Å². The fraction of sp³-hybridized carbons (Fsp3) is 0.385. The van der Waals surface area contributed by atoms with Gasteiger partial charge in [-0.2, -0.15) is 0 Å². The van der Waals surface area contributed by atoms with Crippen molar-refractivity contribution in [2.75, 3.05) is 6.54 Å². The topological polar surface area (TPSA) is 51.2 Å². The van der Waals surface area contributed by atoms with Crippen molar-refractivity contribution in [3.8, 4) is 5.75 Å². The van der Waals surface area contributed by atoms with E-state index in [4.69, 9.17) is 5.73 Å². The van der Waals surface area contributed by atoms with Gasteiger partial charge in [0.25, 0.3) is 0 Å². The lowest BCUT2D eigenvalue weighted by Gasteiger charge is -2.26. The Morgan fingerprint density at radius 2 is 2.31 bits per heavy atom. The molecule has 0 bridgehead atoms. The Labute approximate surface area is 94.5 Å². The monoisotopic (exact) mass is 216 g/mol. The van der Waals surface area contributed by atoms with E-state index in [2.05, 4.69) is 10.6 Å². The summed E-state index contributed by atoms with van der Waals surface area (Å²) in [5.74, 6) is 0.365. The largest absolute Gasteiger partial charge is 0.506 e. The second-order valence-electron chi connectivity index (χ2n) is 4.50. The first-order valence-corrected chi connectivity index (χ1v) is 5.83. The van der Waals surface area contributed by atoms with E-state index in [-0.39, 0.29) is 0 Å². The molecule has 3 heteroatoms. The number of hydrogen-bond acceptors (Lipinski definition) is 2. The van der Waals surface area contributed by atoms with Gasteiger partial charge in [0, 0.05) is 23.7 Å². The molecule has 1 aromatic carbocycles. The molecule has 1 aliphatic rings. The van der Waals surface area contributed by atoms with E-state index in [1.807, 2.05) is 12.1 Å². The van der Waals surface area contributed by atoms with Crippen LogP contribution in [0.25, 0.3) is 10.9 Å². The molecule has 0 saturated heterocycles. The minimum atomic E-state index is 0.342. The molecular weight excluding hydrogens is 200 g/mol. The molecule has 0 aliphatic carbocycles. The van der Waals surface area contributed by atoms with Gasteiger partial charge in [0.15, 0.2) is 0 Å². The highest BCUT2D eigenvalue weighted by molar-refractivity contribution is 5.87. The van der Waals surface area contributed by atoms with Crippen LogP contribution in [0.1, 0.15) is 24.6 Å². The molecule has 0 fully saturated rings. The van der Waals surface area contributed by atoms with Crippen LogP contribution in [0.4, 0.5) is 0 Å². The van der Waals surface area contributed by atoms with Crippen LogP contribution in [0.2, 0.25) is 0 Å². The number of nitrogens with zero attached hydrogens (tertiary/aromatic N) is 1. The number of phenolic OH excluding ortho intramolecular Hbond substituents is 1. The molecule has 3 rings (SSSR count). The molecule has 16 heavy (non-hydrogen) atoms. The number of hydrogen-bond donors (Lipinski definition) is 2. The molecule has 1 atom stereocenters. The molecule has 2 aromatic rings. The molecule has 3 nitrogen and oxygen atoms in total. The quantitative estimate of drug-likeness (QED) is 0.767. The zero-order valence-electron chi connectivity index (χ0n) is 9.19. The average molecular weight is 216 g/mol. The summed E-state index contributed by atoms with van der Waals surface area (Å²) in [6.07, 6.45) is 3.39. The van der Waals surface area contributed by atoms with E-state index in [0.29, 0.717) is 18.3 Å². The van der Waals surface area contributed by atoms with Crippen LogP contribution in [-0.2, 0) is 6.42 Å². The molecule has 84 valence electrons. The van der Waals surface area contributed by atoms with Gasteiger partial charge in [0.2, 0.25) is 0 Å². The zero-order chi connectivity index (χ0) is 11.1. The van der Waals surface area contributed by atoms with Crippen LogP contribution < -0.4 is 5.73 Å². The summed E-state index contributed by atoms with van der Waals surface area (Å²) in [7, 11) is 0. The lowest BCUT2D eigenvalue weighted by molar-refractivity contribution is 0.413. The van der Waals surface area contributed by atoms with Crippen molar-refractivity contribution >= 4 is 10.9 Å². The van der Waals surface area contributed by atoms with E-state index in [9.17, 15) is 5.11 Å². The van der Waals surface area contributed by atoms with E-state index in [1.165, 1.54) is 12.1 Å². The Morgan fingerprint density at radius 3 is 3.12 bits per heavy atom. The molecule has 0 radical (unpaired) electrons. The number of aryl methyl sites for hydroxylation is 1. The number of rotatable bonds is 1. The van der Waals surface area contributed by atoms with Crippen LogP contribution >= 0.6 is 0 Å². The van der Waals surface area contributed by atoms with Gasteiger partial charge >= 0.3 is 0 Å². The van der Waals surface area contributed by atoms with Crippen molar-refractivity contribution in [1.82, 2.24) is 4.57 Å². The van der Waals surface area contributed by atoms with Gasteiger partial charge in [-0.15, -0.1) is 0 Å². The van der Waals surface area contributed by atoms with Crippen LogP contribution in [0.5, 0.6) is 5.75 Å². The standard InChI is InChI=1S/C13H16N2O/c14-8-11-5-2-4-10-7-9-3-1-6-12(16)13(9)15(10)11/h1,3,6-7,11,16H,2,4-5,8,14H2. The van der Waals surface area contributed by atoms with Gasteiger partial charge in [-0.1, -0.05) is 12.1 Å². The molecule has 0 spiro atoms. The summed E-state index contributed by atoms with van der Waals surface area (Å²) < 4.78 is 2.23. The number of para-hydroxylation sites is 1. The summed E-state index contributed by atoms with van der Waals surface area (Å²) in [4.78, 5) is 0. The molecule has 2 heterocycles. The van der Waals surface area contributed by atoms with Gasteiger partial charge in [-0.25, -0.2) is 0 Å². The van der Waals surface area contributed by atoms with E-state index in [1.54, 1.807) is 6.07 Å². The molecule has 1 aromatic heterocycles. The maximum Gasteiger partial charge on any atom is 0.139 e. The van der Waals surface area contributed by atoms with Crippen molar-refractivity contribution in [2.45, 2.75) is 25.3 Å². The average Bonchev–Trinajstić information content (AvgIpc) is 2.68. The van der Waals surface area contributed by atoms with Gasteiger partial charge in [0.1, 0.15) is 5.75 Å². The zero-order valence-corrected chi connectivity index (χ0v) is 9.19. The first kappa shape index (κ1) is 9.73. The molecule has 1 aliphatic heterocycles. The third kappa shape index (κ3) is 1.25. The number of fused-ring (bicyclic) bond motifs is 3. The minimum absolute atomic E-state index is 0.342. The van der Waals surface area contributed by atoms with E-state index in [0.717, 1.165) is 23.7 Å². The van der Waals surface area contributed by atoms with Crippen molar-refractivity contribution in [2.24, 2.45) is 5.73 Å². The van der Waals surface area contributed by atoms with Gasteiger partial charge < -0.3 is 15.4 Å². The summed E-state index contributed by atoms with van der Waals surface area (Å²) in [6.45, 7) is 0.644. The molecule has 0 saturated carbocycles. The summed E-state index contributed by atoms with van der Waals surface area (Å²) in [5, 5.41) is 11.1. The highest BCUT2D eigenvalue weighted by atomic mass is 16.3. The SMILES string of the molecule is NCC1CCCc2cc3cccc(O)c3n21. The summed E-state index contributed by atoms with van der Waals surface area (Å²) in [6, 6.07) is 8.21. The van der Waals surface area contributed by atoms with Crippen molar-refractivity contribution in [3.63, 3.8) is 0 Å².